The lowest BCUT2D eigenvalue weighted by atomic mass is 9.94. The number of aromatic nitrogens is 2. The van der Waals surface area contributed by atoms with Gasteiger partial charge in [0, 0.05) is 37.9 Å². The van der Waals surface area contributed by atoms with Gasteiger partial charge in [-0.3, -0.25) is 0 Å². The highest BCUT2D eigenvalue weighted by Crippen LogP contribution is 2.32. The third-order valence-electron chi connectivity index (χ3n) is 4.62. The third-order valence-corrected chi connectivity index (χ3v) is 6.15. The highest BCUT2D eigenvalue weighted by Gasteiger charge is 2.38. The largest absolute Gasteiger partial charge is 0.697 e. The van der Waals surface area contributed by atoms with E-state index >= 15 is 0 Å². The average molecular weight is 513 g/mol. The molecule has 174 valence electrons. The Kier molecular flexibility index (Phi) is 9.20. The van der Waals surface area contributed by atoms with Crippen LogP contribution in [0.1, 0.15) is 5.56 Å². The first-order chi connectivity index (χ1) is 15.8. The summed E-state index contributed by atoms with van der Waals surface area (Å²) in [7, 11) is -2.43. The lowest BCUT2D eigenvalue weighted by Gasteiger charge is -2.22. The fraction of sp³-hybridized carbons (Fsp3) is 0.286. The predicted molar refractivity (Wildman–Crippen MR) is 124 cm³/mol. The Hall–Kier alpha value is -2.06. The van der Waals surface area contributed by atoms with Crippen molar-refractivity contribution in [2.24, 2.45) is 0 Å². The molecule has 0 aliphatic heterocycles. The molecule has 0 aliphatic rings. The summed E-state index contributed by atoms with van der Waals surface area (Å²) in [5, 5.41) is 16.6. The molecule has 2 aromatic carbocycles. The van der Waals surface area contributed by atoms with Crippen LogP contribution in [-0.4, -0.2) is 47.9 Å². The Morgan fingerprint density at radius 1 is 0.970 bits per heavy atom. The van der Waals surface area contributed by atoms with Gasteiger partial charge in [-0.2, -0.15) is 5.10 Å². The van der Waals surface area contributed by atoms with Crippen LogP contribution in [0.5, 0.6) is 0 Å². The van der Waals surface area contributed by atoms with E-state index in [-0.39, 0.29) is 6.42 Å². The van der Waals surface area contributed by atoms with Gasteiger partial charge in [-0.15, -0.1) is 18.1 Å². The molecule has 1 heterocycles. The van der Waals surface area contributed by atoms with Crippen LogP contribution in [0.2, 0.25) is 5.02 Å². The first-order valence-corrected chi connectivity index (χ1v) is 12.3. The van der Waals surface area contributed by atoms with Gasteiger partial charge in [0.1, 0.15) is 18.8 Å². The topological polar surface area (TPSA) is 109 Å². The van der Waals surface area contributed by atoms with Crippen LogP contribution < -0.4 is 0 Å². The Labute approximate surface area is 198 Å². The molecule has 33 heavy (non-hydrogen) atoms. The summed E-state index contributed by atoms with van der Waals surface area (Å²) < 4.78 is 44.5. The molecule has 0 fully saturated rings. The second-order valence-electron chi connectivity index (χ2n) is 7.05. The van der Waals surface area contributed by atoms with E-state index in [1.54, 1.807) is 23.0 Å². The quantitative estimate of drug-likeness (QED) is 0.334. The Balaban J connectivity index is 1.98. The summed E-state index contributed by atoms with van der Waals surface area (Å²) in [5.41, 5.74) is 1.13. The Bertz CT molecular complexity index is 1070. The van der Waals surface area contributed by atoms with Gasteiger partial charge in [0.2, 0.25) is 0 Å². The zero-order chi connectivity index (χ0) is 23.8. The van der Waals surface area contributed by atoms with Crippen molar-refractivity contribution in [3.63, 3.8) is 0 Å². The second kappa shape index (κ2) is 11.9. The van der Waals surface area contributed by atoms with E-state index in [9.17, 15) is 14.2 Å². The molecule has 0 aliphatic carbocycles. The molecule has 9 nitrogen and oxygen atoms in total. The van der Waals surface area contributed by atoms with Crippen molar-refractivity contribution >= 4 is 28.1 Å². The van der Waals surface area contributed by atoms with Crippen molar-refractivity contribution in [3.8, 4) is 16.9 Å². The Morgan fingerprint density at radius 2 is 1.55 bits per heavy atom. The van der Waals surface area contributed by atoms with Crippen molar-refractivity contribution in [3.05, 3.63) is 71.4 Å². The van der Waals surface area contributed by atoms with E-state index in [4.69, 9.17) is 25.7 Å². The molecule has 3 rings (SSSR count). The zero-order valence-electron chi connectivity index (χ0n) is 18.0. The van der Waals surface area contributed by atoms with Crippen LogP contribution in [0.25, 0.3) is 16.9 Å². The molecular formula is C21H23ClN2O7P2+2. The average Bonchev–Trinajstić information content (AvgIpc) is 3.25. The SMILES string of the molecule is CO[P+](=O)OCC(O)(CO[P+](=O)OC)Cc1cn(-c2ccccc2)nc1-c1ccc(Cl)cc1. The molecule has 0 saturated heterocycles. The summed E-state index contributed by atoms with van der Waals surface area (Å²) in [6, 6.07) is 16.6. The molecule has 2 unspecified atom stereocenters. The number of rotatable bonds is 12. The van der Waals surface area contributed by atoms with Crippen molar-refractivity contribution in [1.29, 1.82) is 0 Å². The minimum atomic E-state index is -2.44. The smallest absolute Gasteiger partial charge is 0.384 e. The highest BCUT2D eigenvalue weighted by atomic mass is 35.5. The standard InChI is InChI=1S/C21H23ClN2O7P2/c1-28-32(26)30-14-21(25,15-31-33(27)29-2)12-17-13-24(19-6-4-3-5-7-19)23-20(17)16-8-10-18(22)11-9-16/h3-11,13,25H,12,14-15H2,1-2H3/q+2. The number of hydrogen-bond acceptors (Lipinski definition) is 8. The number of benzene rings is 2. The number of aliphatic hydroxyl groups is 1. The summed E-state index contributed by atoms with van der Waals surface area (Å²) in [6.45, 7) is -0.807. The molecule has 0 saturated carbocycles. The van der Waals surface area contributed by atoms with Gasteiger partial charge in [-0.1, -0.05) is 41.9 Å². The van der Waals surface area contributed by atoms with Crippen molar-refractivity contribution in [2.75, 3.05) is 27.4 Å². The first-order valence-electron chi connectivity index (χ1n) is 9.74. The van der Waals surface area contributed by atoms with Crippen LogP contribution in [0.3, 0.4) is 0 Å². The van der Waals surface area contributed by atoms with Gasteiger partial charge in [-0.25, -0.2) is 4.68 Å². The van der Waals surface area contributed by atoms with E-state index < -0.39 is 35.3 Å². The van der Waals surface area contributed by atoms with E-state index in [1.165, 1.54) is 14.2 Å². The van der Waals surface area contributed by atoms with Crippen molar-refractivity contribution < 1.29 is 32.3 Å². The zero-order valence-corrected chi connectivity index (χ0v) is 20.5. The minimum Gasteiger partial charge on any atom is -0.384 e. The maximum atomic E-state index is 11.7. The summed E-state index contributed by atoms with van der Waals surface area (Å²) >= 11 is 6.04. The fourth-order valence-electron chi connectivity index (χ4n) is 3.05. The summed E-state index contributed by atoms with van der Waals surface area (Å²) in [5.74, 6) is 0. The van der Waals surface area contributed by atoms with Gasteiger partial charge in [-0.05, 0) is 24.3 Å². The third kappa shape index (κ3) is 7.21. The molecule has 2 atom stereocenters. The molecular weight excluding hydrogens is 490 g/mol. The highest BCUT2D eigenvalue weighted by molar-refractivity contribution is 7.33. The Morgan fingerprint density at radius 3 is 2.09 bits per heavy atom. The van der Waals surface area contributed by atoms with Crippen LogP contribution in [-0.2, 0) is 33.6 Å². The maximum Gasteiger partial charge on any atom is 0.697 e. The van der Waals surface area contributed by atoms with Crippen LogP contribution in [0.4, 0.5) is 0 Å². The molecule has 12 heteroatoms. The van der Waals surface area contributed by atoms with Gasteiger partial charge < -0.3 is 5.11 Å². The summed E-state index contributed by atoms with van der Waals surface area (Å²) in [6.07, 6.45) is 1.76. The van der Waals surface area contributed by atoms with E-state index in [2.05, 4.69) is 9.05 Å². The summed E-state index contributed by atoms with van der Waals surface area (Å²) in [4.78, 5) is 0. The number of para-hydroxylation sites is 1. The van der Waals surface area contributed by atoms with E-state index in [0.717, 1.165) is 11.3 Å². The normalized spacial score (nSPS) is 14.1. The van der Waals surface area contributed by atoms with Crippen molar-refractivity contribution in [2.45, 2.75) is 12.0 Å². The minimum absolute atomic E-state index is 0.0163. The van der Waals surface area contributed by atoms with E-state index in [1.807, 2.05) is 42.5 Å². The van der Waals surface area contributed by atoms with Crippen molar-refractivity contribution in [1.82, 2.24) is 9.78 Å². The van der Waals surface area contributed by atoms with Gasteiger partial charge in [0.25, 0.3) is 0 Å². The van der Waals surface area contributed by atoms with Gasteiger partial charge >= 0.3 is 16.5 Å². The molecule has 1 aromatic heterocycles. The van der Waals surface area contributed by atoms with Crippen LogP contribution >= 0.6 is 28.1 Å². The molecule has 3 aromatic rings. The number of hydrogen-bond donors (Lipinski definition) is 1. The molecule has 0 amide bonds. The number of halogens is 1. The predicted octanol–water partition coefficient (Wildman–Crippen LogP) is 5.11. The van der Waals surface area contributed by atoms with Crippen LogP contribution in [0.15, 0.2) is 60.8 Å². The second-order valence-corrected chi connectivity index (χ2v) is 9.63. The monoisotopic (exact) mass is 512 g/mol. The van der Waals surface area contributed by atoms with E-state index in [0.29, 0.717) is 16.3 Å². The molecule has 0 bridgehead atoms. The van der Waals surface area contributed by atoms with Gasteiger partial charge in [0.15, 0.2) is 0 Å². The lowest BCUT2D eigenvalue weighted by molar-refractivity contribution is -0.0412. The van der Waals surface area contributed by atoms with Crippen LogP contribution in [0, 0.1) is 0 Å². The number of nitrogens with zero attached hydrogens (tertiary/aromatic N) is 2. The lowest BCUT2D eigenvalue weighted by Crippen LogP contribution is -2.41. The molecule has 1 N–H and O–H groups in total. The fourth-order valence-corrected chi connectivity index (χ4v) is 4.08. The maximum absolute atomic E-state index is 11.7. The first kappa shape index (κ1) is 25.6. The van der Waals surface area contributed by atoms with Gasteiger partial charge in [0.05, 0.1) is 25.6 Å². The molecule has 0 spiro atoms. The molecule has 0 radical (unpaired) electrons.